The molecule has 2 aromatic heterocycles. The number of benzene rings is 1. The molecule has 0 radical (unpaired) electrons. The lowest BCUT2D eigenvalue weighted by Gasteiger charge is -2.15. The van der Waals surface area contributed by atoms with E-state index in [2.05, 4.69) is 20.2 Å². The van der Waals surface area contributed by atoms with Crippen molar-refractivity contribution in [3.05, 3.63) is 45.5 Å². The van der Waals surface area contributed by atoms with E-state index in [1.165, 1.54) is 22.2 Å². The molecule has 2 heterocycles. The molecule has 3 aromatic rings. The van der Waals surface area contributed by atoms with Gasteiger partial charge in [-0.25, -0.2) is 4.98 Å². The molecular weight excluding hydrogens is 386 g/mol. The van der Waals surface area contributed by atoms with Crippen LogP contribution in [0.1, 0.15) is 19.4 Å². The van der Waals surface area contributed by atoms with Gasteiger partial charge in [0.15, 0.2) is 10.8 Å². The summed E-state index contributed by atoms with van der Waals surface area (Å²) in [6.45, 7) is 7.41. The summed E-state index contributed by atoms with van der Waals surface area (Å²) in [6, 6.07) is 5.27. The highest BCUT2D eigenvalue weighted by molar-refractivity contribution is 7.22. The number of anilines is 2. The number of hydrogen-bond acceptors (Lipinski definition) is 6. The second-order valence-electron chi connectivity index (χ2n) is 6.01. The number of aryl methyl sites for hydroxylation is 1. The average molecular weight is 406 g/mol. The summed E-state index contributed by atoms with van der Waals surface area (Å²) < 4.78 is 1.74. The Labute approximate surface area is 165 Å². The highest BCUT2D eigenvalue weighted by atomic mass is 35.5. The van der Waals surface area contributed by atoms with Crippen molar-refractivity contribution in [1.29, 1.82) is 0 Å². The third-order valence-corrected chi connectivity index (χ3v) is 5.68. The fraction of sp³-hybridized carbons (Fsp3) is 0.333. The Hall–Kier alpha value is -2.45. The Morgan fingerprint density at radius 3 is 2.74 bits per heavy atom. The molecule has 0 spiro atoms. The summed E-state index contributed by atoms with van der Waals surface area (Å²) in [5.41, 5.74) is 1.65. The highest BCUT2D eigenvalue weighted by Crippen LogP contribution is 2.25. The van der Waals surface area contributed by atoms with Gasteiger partial charge in [0.1, 0.15) is 17.6 Å². The van der Waals surface area contributed by atoms with E-state index in [0.29, 0.717) is 21.1 Å². The number of thiazole rings is 1. The van der Waals surface area contributed by atoms with Crippen LogP contribution >= 0.6 is 22.9 Å². The van der Waals surface area contributed by atoms with Gasteiger partial charge in [-0.05, 0) is 38.5 Å². The van der Waals surface area contributed by atoms with Crippen molar-refractivity contribution in [3.8, 4) is 0 Å². The molecule has 9 heteroatoms. The maximum Gasteiger partial charge on any atom is 0.273 e. The number of nitrogens with zero attached hydrogens (tertiary/aromatic N) is 4. The van der Waals surface area contributed by atoms with Crippen molar-refractivity contribution in [2.75, 3.05) is 23.3 Å². The van der Waals surface area contributed by atoms with E-state index in [4.69, 9.17) is 11.6 Å². The molecule has 0 aliphatic heterocycles. The molecule has 0 bridgehead atoms. The second kappa shape index (κ2) is 8.06. The van der Waals surface area contributed by atoms with Gasteiger partial charge in [0.05, 0.1) is 0 Å². The largest absolute Gasteiger partial charge is 0.349 e. The molecule has 142 valence electrons. The molecule has 1 amide bonds. The first kappa shape index (κ1) is 19.3. The zero-order valence-electron chi connectivity index (χ0n) is 15.3. The van der Waals surface area contributed by atoms with Gasteiger partial charge in [-0.15, -0.1) is 0 Å². The monoisotopic (exact) mass is 405 g/mol. The second-order valence-corrected chi connectivity index (χ2v) is 7.40. The van der Waals surface area contributed by atoms with Crippen molar-refractivity contribution in [2.45, 2.75) is 27.3 Å². The van der Waals surface area contributed by atoms with Crippen LogP contribution in [0.2, 0.25) is 5.02 Å². The maximum atomic E-state index is 12.7. The number of aromatic nitrogens is 3. The smallest absolute Gasteiger partial charge is 0.273 e. The lowest BCUT2D eigenvalue weighted by atomic mass is 10.2. The molecule has 0 saturated heterocycles. The third kappa shape index (κ3) is 4.12. The Morgan fingerprint density at radius 1 is 1.33 bits per heavy atom. The van der Waals surface area contributed by atoms with E-state index in [0.717, 1.165) is 23.8 Å². The fourth-order valence-corrected chi connectivity index (χ4v) is 3.88. The van der Waals surface area contributed by atoms with Crippen molar-refractivity contribution < 1.29 is 4.79 Å². The van der Waals surface area contributed by atoms with E-state index in [1.54, 1.807) is 12.1 Å². The topological polar surface area (TPSA) is 80.1 Å². The van der Waals surface area contributed by atoms with Crippen LogP contribution in [-0.2, 0) is 11.3 Å². The van der Waals surface area contributed by atoms with Crippen LogP contribution in [0.3, 0.4) is 0 Å². The molecule has 0 aliphatic rings. The van der Waals surface area contributed by atoms with E-state index in [-0.39, 0.29) is 18.0 Å². The normalized spacial score (nSPS) is 11.0. The number of amides is 1. The first-order valence-electron chi connectivity index (χ1n) is 8.59. The standard InChI is InChI=1S/C18H20ClN5O2S/c1-4-23(5-2)18-22-16-15(27-18)17(26)24(10-20-16)9-14(25)21-12-7-6-11(3)13(19)8-12/h6-8,10H,4-5,9H2,1-3H3,(H,21,25). The Balaban J connectivity index is 1.82. The summed E-state index contributed by atoms with van der Waals surface area (Å²) in [7, 11) is 0. The van der Waals surface area contributed by atoms with Gasteiger partial charge in [0.2, 0.25) is 5.91 Å². The zero-order valence-corrected chi connectivity index (χ0v) is 16.9. The SMILES string of the molecule is CCN(CC)c1nc2ncn(CC(=O)Nc3ccc(C)c(Cl)c3)c(=O)c2s1. The van der Waals surface area contributed by atoms with Crippen LogP contribution in [0.4, 0.5) is 10.8 Å². The minimum absolute atomic E-state index is 0.133. The fourth-order valence-electron chi connectivity index (χ4n) is 2.60. The lowest BCUT2D eigenvalue weighted by molar-refractivity contribution is -0.116. The van der Waals surface area contributed by atoms with Gasteiger partial charge in [0.25, 0.3) is 5.56 Å². The van der Waals surface area contributed by atoms with Crippen LogP contribution in [-0.4, -0.2) is 33.5 Å². The van der Waals surface area contributed by atoms with Crippen molar-refractivity contribution in [1.82, 2.24) is 14.5 Å². The van der Waals surface area contributed by atoms with Crippen LogP contribution in [0.15, 0.2) is 29.3 Å². The number of carbonyl (C=O) groups excluding carboxylic acids is 1. The molecule has 0 saturated carbocycles. The quantitative estimate of drug-likeness (QED) is 0.680. The van der Waals surface area contributed by atoms with Gasteiger partial charge < -0.3 is 10.2 Å². The average Bonchev–Trinajstić information content (AvgIpc) is 3.06. The van der Waals surface area contributed by atoms with Crippen LogP contribution in [0.5, 0.6) is 0 Å². The molecule has 7 nitrogen and oxygen atoms in total. The van der Waals surface area contributed by atoms with E-state index in [1.807, 2.05) is 26.8 Å². The lowest BCUT2D eigenvalue weighted by Crippen LogP contribution is -2.27. The van der Waals surface area contributed by atoms with E-state index < -0.39 is 0 Å². The minimum Gasteiger partial charge on any atom is -0.349 e. The van der Waals surface area contributed by atoms with Crippen LogP contribution in [0, 0.1) is 6.92 Å². The predicted octanol–water partition coefficient (Wildman–Crippen LogP) is 3.30. The molecule has 1 aromatic carbocycles. The van der Waals surface area contributed by atoms with Gasteiger partial charge in [-0.2, -0.15) is 4.98 Å². The van der Waals surface area contributed by atoms with Gasteiger partial charge in [-0.3, -0.25) is 14.2 Å². The summed E-state index contributed by atoms with van der Waals surface area (Å²) >= 11 is 7.37. The maximum absolute atomic E-state index is 12.7. The summed E-state index contributed by atoms with van der Waals surface area (Å²) in [5.74, 6) is -0.327. The molecule has 27 heavy (non-hydrogen) atoms. The van der Waals surface area contributed by atoms with Gasteiger partial charge in [0, 0.05) is 23.8 Å². The summed E-state index contributed by atoms with van der Waals surface area (Å²) in [5, 5.41) is 4.08. The number of halogens is 1. The Morgan fingerprint density at radius 2 is 2.07 bits per heavy atom. The highest BCUT2D eigenvalue weighted by Gasteiger charge is 2.15. The molecular formula is C18H20ClN5O2S. The molecule has 0 unspecified atom stereocenters. The number of carbonyl (C=O) groups is 1. The number of hydrogen-bond donors (Lipinski definition) is 1. The molecule has 0 atom stereocenters. The van der Waals surface area contributed by atoms with E-state index in [9.17, 15) is 9.59 Å². The minimum atomic E-state index is -0.327. The predicted molar refractivity (Wildman–Crippen MR) is 110 cm³/mol. The number of rotatable bonds is 6. The first-order chi connectivity index (χ1) is 12.9. The zero-order chi connectivity index (χ0) is 19.6. The summed E-state index contributed by atoms with van der Waals surface area (Å²) in [6.07, 6.45) is 1.36. The molecule has 0 aliphatic carbocycles. The van der Waals surface area contributed by atoms with Crippen molar-refractivity contribution in [3.63, 3.8) is 0 Å². The molecule has 0 fully saturated rings. The molecule has 3 rings (SSSR count). The van der Waals surface area contributed by atoms with Gasteiger partial charge >= 0.3 is 0 Å². The molecule has 1 N–H and O–H groups in total. The Bertz CT molecular complexity index is 1040. The number of fused-ring (bicyclic) bond motifs is 1. The van der Waals surface area contributed by atoms with Crippen LogP contribution < -0.4 is 15.8 Å². The third-order valence-electron chi connectivity index (χ3n) is 4.18. The van der Waals surface area contributed by atoms with Gasteiger partial charge in [-0.1, -0.05) is 29.0 Å². The number of nitrogens with one attached hydrogen (secondary N) is 1. The Kier molecular flexibility index (Phi) is 5.76. The first-order valence-corrected chi connectivity index (χ1v) is 9.79. The van der Waals surface area contributed by atoms with Crippen molar-refractivity contribution >= 4 is 50.0 Å². The van der Waals surface area contributed by atoms with E-state index >= 15 is 0 Å². The van der Waals surface area contributed by atoms with Crippen molar-refractivity contribution in [2.24, 2.45) is 0 Å². The van der Waals surface area contributed by atoms with Crippen LogP contribution in [0.25, 0.3) is 10.3 Å². The summed E-state index contributed by atoms with van der Waals surface area (Å²) in [4.78, 5) is 35.7.